The fourth-order valence-electron chi connectivity index (χ4n) is 1.78. The molecular formula is C13H15BrN4O. The Morgan fingerprint density at radius 2 is 2.26 bits per heavy atom. The van der Waals surface area contributed by atoms with E-state index in [1.165, 1.54) is 0 Å². The highest BCUT2D eigenvalue weighted by Crippen LogP contribution is 2.17. The zero-order valence-corrected chi connectivity index (χ0v) is 12.4. The van der Waals surface area contributed by atoms with E-state index >= 15 is 0 Å². The van der Waals surface area contributed by atoms with Crippen molar-refractivity contribution in [2.75, 3.05) is 11.1 Å². The van der Waals surface area contributed by atoms with Gasteiger partial charge in [-0.25, -0.2) is 4.98 Å². The number of amides is 1. The summed E-state index contributed by atoms with van der Waals surface area (Å²) in [6.45, 7) is 4.51. The molecule has 3 N–H and O–H groups in total. The maximum Gasteiger partial charge on any atom is 0.273 e. The molecule has 0 radical (unpaired) electrons. The predicted molar refractivity (Wildman–Crippen MR) is 79.1 cm³/mol. The van der Waals surface area contributed by atoms with Crippen molar-refractivity contribution in [1.82, 2.24) is 9.55 Å². The molecule has 0 spiro atoms. The average molecular weight is 323 g/mol. The first kappa shape index (κ1) is 13.6. The zero-order valence-electron chi connectivity index (χ0n) is 10.8. The van der Waals surface area contributed by atoms with Gasteiger partial charge in [-0.1, -0.05) is 0 Å². The molecule has 0 unspecified atom stereocenters. The van der Waals surface area contributed by atoms with Gasteiger partial charge in [0.1, 0.15) is 11.5 Å². The first-order chi connectivity index (χ1) is 9.01. The van der Waals surface area contributed by atoms with Crippen LogP contribution in [0.1, 0.15) is 23.1 Å². The number of nitrogens with zero attached hydrogens (tertiary/aromatic N) is 2. The van der Waals surface area contributed by atoms with Gasteiger partial charge in [0.05, 0.1) is 11.4 Å². The van der Waals surface area contributed by atoms with Gasteiger partial charge in [-0.05, 0) is 48.0 Å². The Labute approximate surface area is 120 Å². The number of carbonyl (C=O) groups excluding carboxylic acids is 1. The summed E-state index contributed by atoms with van der Waals surface area (Å²) in [6, 6.07) is 5.26. The van der Waals surface area contributed by atoms with E-state index in [2.05, 4.69) is 26.2 Å². The summed E-state index contributed by atoms with van der Waals surface area (Å²) in [4.78, 5) is 16.4. The van der Waals surface area contributed by atoms with Crippen LogP contribution >= 0.6 is 15.9 Å². The molecule has 5 nitrogen and oxygen atoms in total. The Morgan fingerprint density at radius 3 is 2.89 bits per heavy atom. The monoisotopic (exact) mass is 322 g/mol. The van der Waals surface area contributed by atoms with Crippen LogP contribution in [0, 0.1) is 6.92 Å². The Bertz CT molecular complexity index is 621. The molecule has 0 aliphatic heterocycles. The molecule has 0 aliphatic rings. The summed E-state index contributed by atoms with van der Waals surface area (Å²) in [6.07, 6.45) is 1.75. The highest BCUT2D eigenvalue weighted by Gasteiger charge is 2.13. The molecule has 2 aromatic rings. The fraction of sp³-hybridized carbons (Fsp3) is 0.231. The van der Waals surface area contributed by atoms with Crippen LogP contribution in [0.15, 0.2) is 28.9 Å². The molecule has 0 fully saturated rings. The molecule has 2 heterocycles. The van der Waals surface area contributed by atoms with Gasteiger partial charge in [-0.15, -0.1) is 0 Å². The van der Waals surface area contributed by atoms with Crippen LogP contribution < -0.4 is 11.1 Å². The number of nitrogens with two attached hydrogens (primary N) is 1. The van der Waals surface area contributed by atoms with Gasteiger partial charge in [0.25, 0.3) is 5.91 Å². The summed E-state index contributed by atoms with van der Waals surface area (Å²) in [5.41, 5.74) is 7.64. The van der Waals surface area contributed by atoms with Crippen LogP contribution in [0.25, 0.3) is 0 Å². The third kappa shape index (κ3) is 2.96. The fourth-order valence-corrected chi connectivity index (χ4v) is 2.00. The van der Waals surface area contributed by atoms with Crippen LogP contribution in [-0.2, 0) is 6.54 Å². The molecule has 6 heteroatoms. The minimum Gasteiger partial charge on any atom is -0.397 e. The van der Waals surface area contributed by atoms with E-state index in [9.17, 15) is 4.79 Å². The number of carbonyl (C=O) groups is 1. The van der Waals surface area contributed by atoms with Crippen molar-refractivity contribution in [2.45, 2.75) is 20.4 Å². The number of hydrogen-bond donors (Lipinski definition) is 2. The molecule has 0 aliphatic carbocycles. The van der Waals surface area contributed by atoms with Crippen molar-refractivity contribution >= 4 is 33.3 Å². The second kappa shape index (κ2) is 5.44. The third-order valence-electron chi connectivity index (χ3n) is 2.75. The largest absolute Gasteiger partial charge is 0.397 e. The van der Waals surface area contributed by atoms with Gasteiger partial charge in [-0.3, -0.25) is 4.79 Å². The van der Waals surface area contributed by atoms with Gasteiger partial charge in [0, 0.05) is 17.2 Å². The molecule has 19 heavy (non-hydrogen) atoms. The Balaban J connectivity index is 2.22. The number of halogens is 1. The van der Waals surface area contributed by atoms with Crippen molar-refractivity contribution in [3.05, 3.63) is 40.3 Å². The van der Waals surface area contributed by atoms with Crippen molar-refractivity contribution in [3.63, 3.8) is 0 Å². The Morgan fingerprint density at radius 1 is 1.53 bits per heavy atom. The summed E-state index contributed by atoms with van der Waals surface area (Å²) in [5, 5.41) is 2.77. The van der Waals surface area contributed by atoms with Crippen LogP contribution in [0.4, 0.5) is 11.5 Å². The number of pyridine rings is 1. The number of nitrogens with one attached hydrogen (secondary N) is 1. The van der Waals surface area contributed by atoms with Crippen molar-refractivity contribution < 1.29 is 4.79 Å². The molecule has 0 aromatic carbocycles. The number of anilines is 2. The first-order valence-corrected chi connectivity index (χ1v) is 6.70. The van der Waals surface area contributed by atoms with Crippen LogP contribution in [-0.4, -0.2) is 15.5 Å². The predicted octanol–water partition coefficient (Wildman–Crippen LogP) is 2.81. The lowest BCUT2D eigenvalue weighted by molar-refractivity contribution is 0.101. The van der Waals surface area contributed by atoms with Crippen molar-refractivity contribution in [1.29, 1.82) is 0 Å². The van der Waals surface area contributed by atoms with Crippen LogP contribution in [0.3, 0.4) is 0 Å². The molecule has 0 saturated heterocycles. The summed E-state index contributed by atoms with van der Waals surface area (Å²) in [7, 11) is 0. The van der Waals surface area contributed by atoms with E-state index in [4.69, 9.17) is 5.73 Å². The number of aryl methyl sites for hydroxylation is 2. The van der Waals surface area contributed by atoms with E-state index in [-0.39, 0.29) is 5.91 Å². The summed E-state index contributed by atoms with van der Waals surface area (Å²) in [5.74, 6) is 0.306. The average Bonchev–Trinajstić information content (AvgIpc) is 2.75. The Kier molecular flexibility index (Phi) is 3.90. The lowest BCUT2D eigenvalue weighted by Gasteiger charge is -2.08. The van der Waals surface area contributed by atoms with Gasteiger partial charge < -0.3 is 15.6 Å². The number of hydrogen-bond acceptors (Lipinski definition) is 3. The lowest BCUT2D eigenvalue weighted by Crippen LogP contribution is -2.17. The minimum atomic E-state index is -0.215. The van der Waals surface area contributed by atoms with Crippen LogP contribution in [0.2, 0.25) is 0 Å². The maximum atomic E-state index is 12.2. The maximum absolute atomic E-state index is 12.2. The summed E-state index contributed by atoms with van der Waals surface area (Å²) < 4.78 is 2.71. The van der Waals surface area contributed by atoms with Gasteiger partial charge >= 0.3 is 0 Å². The molecular weight excluding hydrogens is 308 g/mol. The molecule has 2 aromatic heterocycles. The lowest BCUT2D eigenvalue weighted by atomic mass is 10.3. The summed E-state index contributed by atoms with van der Waals surface area (Å²) >= 11 is 3.37. The standard InChI is InChI=1S/C13H15BrN4O/c1-3-18-7-9(15)6-11(18)13(19)17-12-5-4-10(14)8(2)16-12/h4-7H,3,15H2,1-2H3,(H,16,17,19). The van der Waals surface area contributed by atoms with Crippen molar-refractivity contribution in [2.24, 2.45) is 0 Å². The third-order valence-corrected chi connectivity index (χ3v) is 3.59. The topological polar surface area (TPSA) is 72.9 Å². The van der Waals surface area contributed by atoms with Gasteiger partial charge in [0.15, 0.2) is 0 Å². The molecule has 2 rings (SSSR count). The Hall–Kier alpha value is -1.82. The van der Waals surface area contributed by atoms with Gasteiger partial charge in [0.2, 0.25) is 0 Å². The van der Waals surface area contributed by atoms with Gasteiger partial charge in [-0.2, -0.15) is 0 Å². The normalized spacial score (nSPS) is 10.5. The van der Waals surface area contributed by atoms with E-state index in [0.29, 0.717) is 23.7 Å². The molecule has 1 amide bonds. The van der Waals surface area contributed by atoms with E-state index < -0.39 is 0 Å². The minimum absolute atomic E-state index is 0.215. The first-order valence-electron chi connectivity index (χ1n) is 5.91. The highest BCUT2D eigenvalue weighted by molar-refractivity contribution is 9.10. The number of rotatable bonds is 3. The molecule has 0 bridgehead atoms. The molecule has 0 saturated carbocycles. The zero-order chi connectivity index (χ0) is 14.0. The number of nitrogen functional groups attached to an aromatic ring is 1. The highest BCUT2D eigenvalue weighted by atomic mass is 79.9. The SMILES string of the molecule is CCn1cc(N)cc1C(=O)Nc1ccc(Br)c(C)n1. The van der Waals surface area contributed by atoms with Crippen LogP contribution in [0.5, 0.6) is 0 Å². The quantitative estimate of drug-likeness (QED) is 0.912. The molecule has 0 atom stereocenters. The van der Waals surface area contributed by atoms with E-state index in [1.807, 2.05) is 19.9 Å². The van der Waals surface area contributed by atoms with E-state index in [1.54, 1.807) is 22.9 Å². The second-order valence-electron chi connectivity index (χ2n) is 4.16. The smallest absolute Gasteiger partial charge is 0.273 e. The molecule has 100 valence electrons. The number of aromatic nitrogens is 2. The van der Waals surface area contributed by atoms with E-state index in [0.717, 1.165) is 10.2 Å². The van der Waals surface area contributed by atoms with Crippen molar-refractivity contribution in [3.8, 4) is 0 Å². The second-order valence-corrected chi connectivity index (χ2v) is 5.02.